The number of hydrogen-bond acceptors (Lipinski definition) is 6. The molecule has 1 N–H and O–H groups in total. The van der Waals surface area contributed by atoms with Gasteiger partial charge in [0.2, 0.25) is 5.91 Å². The molecule has 0 saturated heterocycles. The van der Waals surface area contributed by atoms with E-state index in [9.17, 15) is 9.59 Å². The Bertz CT molecular complexity index is 1340. The van der Waals surface area contributed by atoms with Crippen LogP contribution >= 0.6 is 23.4 Å². The molecule has 8 nitrogen and oxygen atoms in total. The molecule has 10 heteroatoms. The third-order valence-electron chi connectivity index (χ3n) is 5.72. The summed E-state index contributed by atoms with van der Waals surface area (Å²) in [6.45, 7) is 0.218. The molecule has 0 aliphatic heterocycles. The molecule has 0 unspecified atom stereocenters. The van der Waals surface area contributed by atoms with Gasteiger partial charge in [0.15, 0.2) is 5.16 Å². The third-order valence-corrected chi connectivity index (χ3v) is 6.93. The first-order chi connectivity index (χ1) is 16.1. The van der Waals surface area contributed by atoms with Crippen LogP contribution < -0.4 is 10.9 Å². The van der Waals surface area contributed by atoms with Gasteiger partial charge in [0.05, 0.1) is 41.7 Å². The van der Waals surface area contributed by atoms with E-state index < -0.39 is 0 Å². The number of amides is 1. The Kier molecular flexibility index (Phi) is 6.24. The van der Waals surface area contributed by atoms with Crippen molar-refractivity contribution >= 4 is 46.0 Å². The third kappa shape index (κ3) is 4.69. The molecular formula is C23H22ClN5O3S. The van der Waals surface area contributed by atoms with Crippen LogP contribution in [0.15, 0.2) is 63.2 Å². The Balaban J connectivity index is 1.38. The second-order valence-corrected chi connectivity index (χ2v) is 9.34. The van der Waals surface area contributed by atoms with E-state index >= 15 is 0 Å². The van der Waals surface area contributed by atoms with Crippen molar-refractivity contribution in [2.24, 2.45) is 0 Å². The fourth-order valence-corrected chi connectivity index (χ4v) is 5.11. The first kappa shape index (κ1) is 21.8. The van der Waals surface area contributed by atoms with E-state index in [1.54, 1.807) is 42.8 Å². The zero-order valence-electron chi connectivity index (χ0n) is 17.7. The standard InChI is InChI=1S/C23H22ClN5O3S/c24-15-7-8-18-19(12-15)26-23(28(22(18)31)13-17-6-3-11-32-17)33-14-21(30)27-20-9-10-25-29(20)16-4-1-2-5-16/h3,6-12,16H,1-2,4-5,13-14H2,(H,27,30). The van der Waals surface area contributed by atoms with Gasteiger partial charge in [-0.1, -0.05) is 36.2 Å². The van der Waals surface area contributed by atoms with Crippen LogP contribution in [0, 0.1) is 0 Å². The van der Waals surface area contributed by atoms with Crippen molar-refractivity contribution < 1.29 is 9.21 Å². The number of carbonyl (C=O) groups excluding carboxylic acids is 1. The molecule has 0 atom stereocenters. The van der Waals surface area contributed by atoms with Crippen LogP contribution in [-0.4, -0.2) is 31.0 Å². The number of aromatic nitrogens is 4. The number of anilines is 1. The number of hydrogen-bond donors (Lipinski definition) is 1. The molecule has 0 bridgehead atoms. The van der Waals surface area contributed by atoms with E-state index in [4.69, 9.17) is 16.0 Å². The van der Waals surface area contributed by atoms with Crippen LogP contribution in [-0.2, 0) is 11.3 Å². The molecule has 1 aromatic carbocycles. The predicted molar refractivity (Wildman–Crippen MR) is 128 cm³/mol. The molecule has 1 amide bonds. The smallest absolute Gasteiger partial charge is 0.262 e. The Hall–Kier alpha value is -3.04. The number of thioether (sulfide) groups is 1. The Morgan fingerprint density at radius 2 is 2.09 bits per heavy atom. The molecule has 3 heterocycles. The second-order valence-electron chi connectivity index (χ2n) is 7.96. The summed E-state index contributed by atoms with van der Waals surface area (Å²) in [5.74, 6) is 1.22. The van der Waals surface area contributed by atoms with Crippen LogP contribution in [0.3, 0.4) is 0 Å². The van der Waals surface area contributed by atoms with E-state index in [2.05, 4.69) is 15.4 Å². The summed E-state index contributed by atoms with van der Waals surface area (Å²) < 4.78 is 8.85. The van der Waals surface area contributed by atoms with E-state index in [1.807, 2.05) is 10.7 Å². The number of halogens is 1. The lowest BCUT2D eigenvalue weighted by atomic mass is 10.2. The molecule has 0 radical (unpaired) electrons. The monoisotopic (exact) mass is 483 g/mol. The second kappa shape index (κ2) is 9.44. The van der Waals surface area contributed by atoms with Crippen LogP contribution in [0.5, 0.6) is 0 Å². The van der Waals surface area contributed by atoms with Crippen LogP contribution in [0.2, 0.25) is 5.02 Å². The summed E-state index contributed by atoms with van der Waals surface area (Å²) in [6.07, 6.45) is 7.76. The summed E-state index contributed by atoms with van der Waals surface area (Å²) in [6, 6.07) is 10.7. The SMILES string of the molecule is O=C(CSc1nc2cc(Cl)ccc2c(=O)n1Cc1ccco1)Nc1ccnn1C1CCCC1. The predicted octanol–water partition coefficient (Wildman–Crippen LogP) is 4.73. The highest BCUT2D eigenvalue weighted by atomic mass is 35.5. The number of rotatable bonds is 7. The molecule has 0 spiro atoms. The van der Waals surface area contributed by atoms with Crippen molar-refractivity contribution in [2.45, 2.75) is 43.4 Å². The molecule has 1 aliphatic rings. The van der Waals surface area contributed by atoms with E-state index in [0.717, 1.165) is 12.8 Å². The lowest BCUT2D eigenvalue weighted by Gasteiger charge is -2.15. The van der Waals surface area contributed by atoms with Gasteiger partial charge in [0.1, 0.15) is 11.6 Å². The molecule has 3 aromatic heterocycles. The number of nitrogens with zero attached hydrogens (tertiary/aromatic N) is 4. The summed E-state index contributed by atoms with van der Waals surface area (Å²) in [7, 11) is 0. The van der Waals surface area contributed by atoms with Gasteiger partial charge in [-0.3, -0.25) is 14.2 Å². The lowest BCUT2D eigenvalue weighted by molar-refractivity contribution is -0.113. The number of carbonyl (C=O) groups is 1. The van der Waals surface area contributed by atoms with Crippen LogP contribution in [0.4, 0.5) is 5.82 Å². The quantitative estimate of drug-likeness (QED) is 0.301. The van der Waals surface area contributed by atoms with Gasteiger partial charge in [-0.15, -0.1) is 0 Å². The highest BCUT2D eigenvalue weighted by Crippen LogP contribution is 2.31. The molecule has 4 aromatic rings. The zero-order chi connectivity index (χ0) is 22.8. The van der Waals surface area contributed by atoms with Gasteiger partial charge in [0.25, 0.3) is 5.56 Å². The largest absolute Gasteiger partial charge is 0.467 e. The van der Waals surface area contributed by atoms with Gasteiger partial charge in [-0.2, -0.15) is 5.10 Å². The molecular weight excluding hydrogens is 462 g/mol. The molecule has 1 fully saturated rings. The maximum atomic E-state index is 13.2. The average Bonchev–Trinajstić information content (AvgIpc) is 3.57. The van der Waals surface area contributed by atoms with Crippen molar-refractivity contribution in [3.63, 3.8) is 0 Å². The number of fused-ring (bicyclic) bond motifs is 1. The first-order valence-electron chi connectivity index (χ1n) is 10.8. The highest BCUT2D eigenvalue weighted by Gasteiger charge is 2.21. The fourth-order valence-electron chi connectivity index (χ4n) is 4.14. The van der Waals surface area contributed by atoms with Gasteiger partial charge in [0, 0.05) is 11.1 Å². The number of benzene rings is 1. The van der Waals surface area contributed by atoms with E-state index in [0.29, 0.717) is 38.7 Å². The normalized spacial score (nSPS) is 14.2. The van der Waals surface area contributed by atoms with Crippen molar-refractivity contribution in [3.05, 3.63) is 70.0 Å². The van der Waals surface area contributed by atoms with E-state index in [1.165, 1.54) is 29.2 Å². The zero-order valence-corrected chi connectivity index (χ0v) is 19.3. The molecule has 1 saturated carbocycles. The summed E-state index contributed by atoms with van der Waals surface area (Å²) >= 11 is 7.31. The maximum absolute atomic E-state index is 13.2. The van der Waals surface area contributed by atoms with Crippen LogP contribution in [0.25, 0.3) is 10.9 Å². The Morgan fingerprint density at radius 3 is 2.88 bits per heavy atom. The molecule has 5 rings (SSSR count). The van der Waals surface area contributed by atoms with Crippen molar-refractivity contribution in [1.82, 2.24) is 19.3 Å². The van der Waals surface area contributed by atoms with Crippen molar-refractivity contribution in [3.8, 4) is 0 Å². The van der Waals surface area contributed by atoms with Crippen molar-refractivity contribution in [2.75, 3.05) is 11.1 Å². The molecule has 33 heavy (non-hydrogen) atoms. The van der Waals surface area contributed by atoms with Crippen molar-refractivity contribution in [1.29, 1.82) is 0 Å². The Morgan fingerprint density at radius 1 is 1.24 bits per heavy atom. The summed E-state index contributed by atoms with van der Waals surface area (Å²) in [5, 5.41) is 8.72. The van der Waals surface area contributed by atoms with Crippen LogP contribution in [0.1, 0.15) is 37.5 Å². The van der Waals surface area contributed by atoms with Gasteiger partial charge < -0.3 is 9.73 Å². The lowest BCUT2D eigenvalue weighted by Crippen LogP contribution is -2.25. The minimum atomic E-state index is -0.213. The minimum absolute atomic E-state index is 0.0898. The molecule has 170 valence electrons. The number of nitrogens with one attached hydrogen (secondary N) is 1. The highest BCUT2D eigenvalue weighted by molar-refractivity contribution is 7.99. The molecule has 1 aliphatic carbocycles. The first-order valence-corrected chi connectivity index (χ1v) is 12.1. The topological polar surface area (TPSA) is 94.9 Å². The van der Waals surface area contributed by atoms with E-state index in [-0.39, 0.29) is 23.8 Å². The minimum Gasteiger partial charge on any atom is -0.467 e. The maximum Gasteiger partial charge on any atom is 0.262 e. The van der Waals surface area contributed by atoms with Gasteiger partial charge >= 0.3 is 0 Å². The summed E-state index contributed by atoms with van der Waals surface area (Å²) in [4.78, 5) is 30.6. The Labute approximate surface area is 198 Å². The van der Waals surface area contributed by atoms with Gasteiger partial charge in [-0.25, -0.2) is 9.67 Å². The average molecular weight is 484 g/mol. The van der Waals surface area contributed by atoms with Gasteiger partial charge in [-0.05, 0) is 43.2 Å². The fraction of sp³-hybridized carbons (Fsp3) is 0.304. The summed E-state index contributed by atoms with van der Waals surface area (Å²) in [5.41, 5.74) is 0.278. The number of furan rings is 1.